The molecule has 0 atom stereocenters. The summed E-state index contributed by atoms with van der Waals surface area (Å²) in [6, 6.07) is 8.82. The van der Waals surface area contributed by atoms with E-state index in [-0.39, 0.29) is 17.9 Å². The van der Waals surface area contributed by atoms with Crippen LogP contribution in [-0.4, -0.2) is 16.0 Å². The molecule has 8 heteroatoms. The average molecular weight is 406 g/mol. The maximum absolute atomic E-state index is 12.5. The second-order valence-corrected chi connectivity index (χ2v) is 8.57. The van der Waals surface area contributed by atoms with Crippen molar-refractivity contribution in [3.05, 3.63) is 56.7 Å². The highest BCUT2D eigenvalue weighted by Gasteiger charge is 2.22. The number of anilines is 1. The molecule has 2 heterocycles. The molecule has 0 saturated heterocycles. The van der Waals surface area contributed by atoms with Gasteiger partial charge < -0.3 is 14.6 Å². The van der Waals surface area contributed by atoms with Gasteiger partial charge in [-0.15, -0.1) is 11.3 Å². The van der Waals surface area contributed by atoms with Gasteiger partial charge >= 0.3 is 0 Å². The second-order valence-electron chi connectivity index (χ2n) is 7.05. The van der Waals surface area contributed by atoms with Crippen molar-refractivity contribution in [1.82, 2.24) is 10.1 Å². The van der Waals surface area contributed by atoms with Crippen LogP contribution < -0.4 is 10.1 Å². The van der Waals surface area contributed by atoms with E-state index in [2.05, 4.69) is 15.5 Å². The topological polar surface area (TPSA) is 77.2 Å². The molecule has 0 radical (unpaired) electrons. The molecule has 3 aromatic rings. The zero-order valence-electron chi connectivity index (χ0n) is 15.5. The SMILES string of the molecule is Cc1nc(COc2ccc(Cl)cc2)sc1C(=O)Nc1cc(C(C)(C)C)on1. The summed E-state index contributed by atoms with van der Waals surface area (Å²) in [4.78, 5) is 17.5. The minimum Gasteiger partial charge on any atom is -0.486 e. The first-order chi connectivity index (χ1) is 12.7. The van der Waals surface area contributed by atoms with E-state index in [1.165, 1.54) is 11.3 Å². The van der Waals surface area contributed by atoms with Crippen molar-refractivity contribution in [3.8, 4) is 5.75 Å². The summed E-state index contributed by atoms with van der Waals surface area (Å²) in [6.45, 7) is 8.11. The van der Waals surface area contributed by atoms with Gasteiger partial charge in [0.25, 0.3) is 5.91 Å². The summed E-state index contributed by atoms with van der Waals surface area (Å²) in [6.07, 6.45) is 0. The lowest BCUT2D eigenvalue weighted by atomic mass is 9.93. The quantitative estimate of drug-likeness (QED) is 0.629. The highest BCUT2D eigenvalue weighted by molar-refractivity contribution is 7.13. The molecular formula is C19H20ClN3O3S. The first-order valence-corrected chi connectivity index (χ1v) is 9.55. The van der Waals surface area contributed by atoms with Gasteiger partial charge in [0.1, 0.15) is 28.0 Å². The third-order valence-electron chi connectivity index (χ3n) is 3.71. The molecule has 142 valence electrons. The number of carbonyl (C=O) groups excluding carboxylic acids is 1. The van der Waals surface area contributed by atoms with Crippen molar-refractivity contribution in [2.45, 2.75) is 39.7 Å². The first kappa shape index (κ1) is 19.4. The number of aromatic nitrogens is 2. The first-order valence-electron chi connectivity index (χ1n) is 8.35. The van der Waals surface area contributed by atoms with E-state index < -0.39 is 0 Å². The van der Waals surface area contributed by atoms with Crippen molar-refractivity contribution in [2.24, 2.45) is 0 Å². The number of rotatable bonds is 5. The van der Waals surface area contributed by atoms with Gasteiger partial charge in [-0.3, -0.25) is 4.79 Å². The number of aryl methyl sites for hydroxylation is 1. The smallest absolute Gasteiger partial charge is 0.268 e. The van der Waals surface area contributed by atoms with Crippen LogP contribution in [0.25, 0.3) is 0 Å². The van der Waals surface area contributed by atoms with Crippen LogP contribution in [0.1, 0.15) is 46.9 Å². The molecule has 2 aromatic heterocycles. The summed E-state index contributed by atoms with van der Waals surface area (Å²) in [5, 5.41) is 8.02. The number of hydrogen-bond donors (Lipinski definition) is 1. The van der Waals surface area contributed by atoms with Crippen LogP contribution >= 0.6 is 22.9 Å². The largest absolute Gasteiger partial charge is 0.486 e. The summed E-state index contributed by atoms with van der Waals surface area (Å²) in [5.41, 5.74) is 0.467. The number of benzene rings is 1. The van der Waals surface area contributed by atoms with E-state index in [1.807, 2.05) is 20.8 Å². The Morgan fingerprint density at radius 3 is 2.63 bits per heavy atom. The summed E-state index contributed by atoms with van der Waals surface area (Å²) in [5.74, 6) is 1.51. The van der Waals surface area contributed by atoms with Gasteiger partial charge in [-0.2, -0.15) is 0 Å². The number of amides is 1. The molecule has 3 rings (SSSR count). The van der Waals surface area contributed by atoms with E-state index in [0.29, 0.717) is 37.9 Å². The van der Waals surface area contributed by atoms with Crippen LogP contribution in [0.5, 0.6) is 5.75 Å². The molecule has 0 fully saturated rings. The molecule has 6 nitrogen and oxygen atoms in total. The predicted octanol–water partition coefficient (Wildman–Crippen LogP) is 5.22. The van der Waals surface area contributed by atoms with Gasteiger partial charge in [-0.05, 0) is 31.2 Å². The Bertz CT molecular complexity index is 942. The molecule has 0 aliphatic rings. The number of carbonyl (C=O) groups is 1. The Morgan fingerprint density at radius 1 is 1.30 bits per heavy atom. The lowest BCUT2D eigenvalue weighted by Crippen LogP contribution is -2.12. The van der Waals surface area contributed by atoms with Gasteiger partial charge in [0.2, 0.25) is 0 Å². The Kier molecular flexibility index (Phi) is 5.53. The van der Waals surface area contributed by atoms with Crippen LogP contribution in [0, 0.1) is 6.92 Å². The zero-order chi connectivity index (χ0) is 19.6. The van der Waals surface area contributed by atoms with E-state index in [4.69, 9.17) is 20.9 Å². The lowest BCUT2D eigenvalue weighted by Gasteiger charge is -2.11. The highest BCUT2D eigenvalue weighted by Crippen LogP contribution is 2.26. The third-order valence-corrected chi connectivity index (χ3v) is 5.10. The van der Waals surface area contributed by atoms with Crippen molar-refractivity contribution in [3.63, 3.8) is 0 Å². The highest BCUT2D eigenvalue weighted by atomic mass is 35.5. The monoisotopic (exact) mass is 405 g/mol. The minimum absolute atomic E-state index is 0.178. The van der Waals surface area contributed by atoms with Crippen molar-refractivity contribution in [1.29, 1.82) is 0 Å². The van der Waals surface area contributed by atoms with Crippen LogP contribution in [0.2, 0.25) is 5.02 Å². The third kappa shape index (κ3) is 4.87. The van der Waals surface area contributed by atoms with Crippen LogP contribution in [-0.2, 0) is 12.0 Å². The predicted molar refractivity (Wildman–Crippen MR) is 106 cm³/mol. The fourth-order valence-corrected chi connectivity index (χ4v) is 3.26. The number of hydrogen-bond acceptors (Lipinski definition) is 6. The average Bonchev–Trinajstić information content (AvgIpc) is 3.21. The molecule has 0 bridgehead atoms. The number of ether oxygens (including phenoxy) is 1. The molecule has 0 saturated carbocycles. The lowest BCUT2D eigenvalue weighted by molar-refractivity contribution is 0.102. The molecule has 1 aromatic carbocycles. The normalized spacial score (nSPS) is 11.4. The number of thiazole rings is 1. The summed E-state index contributed by atoms with van der Waals surface area (Å²) < 4.78 is 11.0. The van der Waals surface area contributed by atoms with Crippen LogP contribution in [0.4, 0.5) is 5.82 Å². The Balaban J connectivity index is 1.65. The Hall–Kier alpha value is -2.38. The van der Waals surface area contributed by atoms with E-state index in [9.17, 15) is 4.79 Å². The maximum Gasteiger partial charge on any atom is 0.268 e. The molecule has 1 N–H and O–H groups in total. The Labute approximate surface area is 166 Å². The van der Waals surface area contributed by atoms with Crippen molar-refractivity contribution < 1.29 is 14.1 Å². The maximum atomic E-state index is 12.5. The summed E-state index contributed by atoms with van der Waals surface area (Å²) in [7, 11) is 0. The Morgan fingerprint density at radius 2 is 2.00 bits per heavy atom. The molecule has 0 spiro atoms. The standard InChI is InChI=1S/C19H20ClN3O3S/c1-11-17(18(24)22-15-9-14(26-23-15)19(2,3)4)27-16(21-11)10-25-13-7-5-12(20)6-8-13/h5-9H,10H2,1-4H3,(H,22,23,24). The van der Waals surface area contributed by atoms with Gasteiger partial charge in [0.05, 0.1) is 5.69 Å². The van der Waals surface area contributed by atoms with Crippen molar-refractivity contribution >= 4 is 34.7 Å². The fraction of sp³-hybridized carbons (Fsp3) is 0.316. The fourth-order valence-electron chi connectivity index (χ4n) is 2.26. The van der Waals surface area contributed by atoms with Gasteiger partial charge in [0, 0.05) is 16.5 Å². The minimum atomic E-state index is -0.267. The second kappa shape index (κ2) is 7.70. The van der Waals surface area contributed by atoms with Crippen LogP contribution in [0.3, 0.4) is 0 Å². The molecule has 1 amide bonds. The number of nitrogens with one attached hydrogen (secondary N) is 1. The van der Waals surface area contributed by atoms with Crippen molar-refractivity contribution in [2.75, 3.05) is 5.32 Å². The molecule has 0 aliphatic carbocycles. The molecule has 0 unspecified atom stereocenters. The van der Waals surface area contributed by atoms with Gasteiger partial charge in [-0.25, -0.2) is 4.98 Å². The molecular weight excluding hydrogens is 386 g/mol. The van der Waals surface area contributed by atoms with E-state index >= 15 is 0 Å². The summed E-state index contributed by atoms with van der Waals surface area (Å²) >= 11 is 7.15. The van der Waals surface area contributed by atoms with Crippen LogP contribution in [0.15, 0.2) is 34.9 Å². The molecule has 0 aliphatic heterocycles. The van der Waals surface area contributed by atoms with E-state index in [1.54, 1.807) is 37.3 Å². The number of nitrogens with zero attached hydrogens (tertiary/aromatic N) is 2. The zero-order valence-corrected chi connectivity index (χ0v) is 17.1. The van der Waals surface area contributed by atoms with Gasteiger partial charge in [0.15, 0.2) is 5.82 Å². The molecule has 27 heavy (non-hydrogen) atoms. The van der Waals surface area contributed by atoms with E-state index in [0.717, 1.165) is 0 Å². The number of halogens is 1. The van der Waals surface area contributed by atoms with Gasteiger partial charge in [-0.1, -0.05) is 37.5 Å².